The third kappa shape index (κ3) is 6.27. The van der Waals surface area contributed by atoms with Crippen molar-refractivity contribution in [3.8, 4) is 17.0 Å². The first-order valence-corrected chi connectivity index (χ1v) is 8.77. The first-order chi connectivity index (χ1) is 14.0. The molecular formula is C21H24FN5O2. The lowest BCUT2D eigenvalue weighted by atomic mass is 10.1. The molecule has 0 atom stereocenters. The fraction of sp³-hybridized carbons (Fsp3) is 0.143. The molecule has 7 nitrogen and oxygen atoms in total. The van der Waals surface area contributed by atoms with E-state index in [1.54, 1.807) is 41.9 Å². The number of hydrogen-bond acceptors (Lipinski definition) is 6. The zero-order chi connectivity index (χ0) is 21.2. The Balaban J connectivity index is 0.000000687. The van der Waals surface area contributed by atoms with Gasteiger partial charge in [-0.25, -0.2) is 16.1 Å². The molecule has 0 spiro atoms. The van der Waals surface area contributed by atoms with Crippen molar-refractivity contribution in [3.05, 3.63) is 77.7 Å². The maximum Gasteiger partial charge on any atom is 0.221 e. The first-order valence-electron chi connectivity index (χ1n) is 8.77. The van der Waals surface area contributed by atoms with Gasteiger partial charge in [0.05, 0.1) is 11.4 Å². The summed E-state index contributed by atoms with van der Waals surface area (Å²) < 4.78 is 19.0. The van der Waals surface area contributed by atoms with Gasteiger partial charge in [-0.1, -0.05) is 12.1 Å². The van der Waals surface area contributed by atoms with Crippen LogP contribution in [-0.4, -0.2) is 18.4 Å². The van der Waals surface area contributed by atoms with E-state index >= 15 is 0 Å². The standard InChI is InChI=1S/C20H20FN3O.CH4N2O/c1-14-4-3-5-20(24(2)22)18(14)13-25-17-10-11-23-19(12-17)15-6-8-16(21)9-7-15;2-3-1-4/h3-12H,13,22H2,1-2H3;1H,2H2,(H,3,4). The van der Waals surface area contributed by atoms with Crippen LogP contribution >= 0.6 is 0 Å². The number of hydrogen-bond donors (Lipinski definition) is 3. The molecule has 2 aromatic carbocycles. The van der Waals surface area contributed by atoms with Crippen LogP contribution in [0, 0.1) is 12.7 Å². The Morgan fingerprint density at radius 3 is 2.52 bits per heavy atom. The SMILES string of the molecule is Cc1cccc(N(C)N)c1COc1ccnc(-c2ccc(F)cc2)c1.NNC=O. The van der Waals surface area contributed by atoms with Gasteiger partial charge in [0.2, 0.25) is 6.41 Å². The minimum absolute atomic E-state index is 0.269. The molecule has 0 saturated heterocycles. The van der Waals surface area contributed by atoms with E-state index in [-0.39, 0.29) is 5.82 Å². The molecule has 29 heavy (non-hydrogen) atoms. The summed E-state index contributed by atoms with van der Waals surface area (Å²) in [6.45, 7) is 2.43. The van der Waals surface area contributed by atoms with Crippen LogP contribution < -0.4 is 26.9 Å². The molecule has 1 heterocycles. The number of amides is 1. The normalized spacial score (nSPS) is 9.83. The largest absolute Gasteiger partial charge is 0.489 e. The summed E-state index contributed by atoms with van der Waals surface area (Å²) in [4.78, 5) is 13.3. The van der Waals surface area contributed by atoms with Crippen molar-refractivity contribution >= 4 is 12.1 Å². The fourth-order valence-electron chi connectivity index (χ4n) is 2.64. The molecule has 0 aliphatic rings. The van der Waals surface area contributed by atoms with Crippen molar-refractivity contribution in [1.29, 1.82) is 0 Å². The Morgan fingerprint density at radius 1 is 1.21 bits per heavy atom. The molecule has 3 rings (SSSR count). The molecular weight excluding hydrogens is 373 g/mol. The van der Waals surface area contributed by atoms with Crippen molar-refractivity contribution < 1.29 is 13.9 Å². The van der Waals surface area contributed by atoms with Crippen LogP contribution in [-0.2, 0) is 11.4 Å². The number of hydrazine groups is 2. The highest BCUT2D eigenvalue weighted by molar-refractivity contribution is 5.60. The molecule has 1 amide bonds. The number of anilines is 1. The molecule has 8 heteroatoms. The number of pyridine rings is 1. The molecule has 0 aliphatic heterocycles. The minimum atomic E-state index is -0.269. The van der Waals surface area contributed by atoms with Crippen LogP contribution in [0.4, 0.5) is 10.1 Å². The number of nitrogens with zero attached hydrogens (tertiary/aromatic N) is 2. The van der Waals surface area contributed by atoms with E-state index in [9.17, 15) is 4.39 Å². The zero-order valence-corrected chi connectivity index (χ0v) is 16.3. The zero-order valence-electron chi connectivity index (χ0n) is 16.3. The lowest BCUT2D eigenvalue weighted by molar-refractivity contribution is -0.109. The van der Waals surface area contributed by atoms with Gasteiger partial charge >= 0.3 is 0 Å². The Labute approximate surface area is 169 Å². The number of halogens is 1. The number of nitrogens with one attached hydrogen (secondary N) is 1. The predicted molar refractivity (Wildman–Crippen MR) is 111 cm³/mol. The number of ether oxygens (including phenoxy) is 1. The second kappa shape index (κ2) is 10.7. The van der Waals surface area contributed by atoms with Crippen molar-refractivity contribution in [3.63, 3.8) is 0 Å². The van der Waals surface area contributed by atoms with E-state index < -0.39 is 0 Å². The highest BCUT2D eigenvalue weighted by Gasteiger charge is 2.09. The van der Waals surface area contributed by atoms with Gasteiger partial charge in [0.1, 0.15) is 18.2 Å². The van der Waals surface area contributed by atoms with E-state index in [0.29, 0.717) is 18.8 Å². The average Bonchev–Trinajstić information content (AvgIpc) is 2.73. The van der Waals surface area contributed by atoms with Crippen LogP contribution in [0.25, 0.3) is 11.3 Å². The van der Waals surface area contributed by atoms with Crippen LogP contribution in [0.3, 0.4) is 0 Å². The number of rotatable bonds is 6. The quantitative estimate of drug-likeness (QED) is 0.256. The first kappa shape index (κ1) is 21.8. The smallest absolute Gasteiger partial charge is 0.221 e. The number of carbonyl (C=O) groups is 1. The second-order valence-corrected chi connectivity index (χ2v) is 6.14. The van der Waals surface area contributed by atoms with Crippen LogP contribution in [0.15, 0.2) is 60.8 Å². The number of aromatic nitrogens is 1. The monoisotopic (exact) mass is 397 g/mol. The van der Waals surface area contributed by atoms with Gasteiger partial charge < -0.3 is 9.75 Å². The Kier molecular flexibility index (Phi) is 8.08. The molecule has 0 unspecified atom stereocenters. The molecule has 3 aromatic rings. The summed E-state index contributed by atoms with van der Waals surface area (Å²) in [5, 5.41) is 1.59. The molecule has 0 bridgehead atoms. The van der Waals surface area contributed by atoms with Crippen molar-refractivity contribution in [2.24, 2.45) is 11.7 Å². The van der Waals surface area contributed by atoms with Crippen molar-refractivity contribution in [2.45, 2.75) is 13.5 Å². The molecule has 5 N–H and O–H groups in total. The molecule has 0 saturated carbocycles. The average molecular weight is 397 g/mol. The molecule has 152 valence electrons. The lowest BCUT2D eigenvalue weighted by Crippen LogP contribution is -2.26. The molecule has 1 aromatic heterocycles. The summed E-state index contributed by atoms with van der Waals surface area (Å²) >= 11 is 0. The Bertz CT molecular complexity index is 933. The second-order valence-electron chi connectivity index (χ2n) is 6.14. The number of aryl methyl sites for hydroxylation is 1. The third-order valence-corrected chi connectivity index (χ3v) is 4.09. The molecule has 0 fully saturated rings. The van der Waals surface area contributed by atoms with Crippen molar-refractivity contribution in [2.75, 3.05) is 12.1 Å². The summed E-state index contributed by atoms with van der Waals surface area (Å²) in [5.41, 5.74) is 6.40. The van der Waals surface area contributed by atoms with Gasteiger partial charge in [-0.15, -0.1) is 0 Å². The lowest BCUT2D eigenvalue weighted by Gasteiger charge is -2.19. The number of carbonyl (C=O) groups excluding carboxylic acids is 1. The van der Waals surface area contributed by atoms with E-state index in [4.69, 9.17) is 15.4 Å². The van der Waals surface area contributed by atoms with Crippen LogP contribution in [0.1, 0.15) is 11.1 Å². The maximum atomic E-state index is 13.1. The van der Waals surface area contributed by atoms with Crippen LogP contribution in [0.5, 0.6) is 5.75 Å². The highest BCUT2D eigenvalue weighted by atomic mass is 19.1. The van der Waals surface area contributed by atoms with Gasteiger partial charge in [-0.2, -0.15) is 0 Å². The van der Waals surface area contributed by atoms with Gasteiger partial charge in [-0.3, -0.25) is 15.2 Å². The predicted octanol–water partition coefficient (Wildman–Crippen LogP) is 2.69. The highest BCUT2D eigenvalue weighted by Crippen LogP contribution is 2.25. The van der Waals surface area contributed by atoms with E-state index in [0.717, 1.165) is 28.1 Å². The topological polar surface area (TPSA) is 106 Å². The maximum absolute atomic E-state index is 13.1. The van der Waals surface area contributed by atoms with Gasteiger partial charge in [0.25, 0.3) is 0 Å². The number of nitrogens with two attached hydrogens (primary N) is 2. The van der Waals surface area contributed by atoms with Gasteiger partial charge in [0.15, 0.2) is 0 Å². The van der Waals surface area contributed by atoms with E-state index in [1.807, 2.05) is 31.2 Å². The fourth-order valence-corrected chi connectivity index (χ4v) is 2.64. The van der Waals surface area contributed by atoms with E-state index in [1.165, 1.54) is 12.1 Å². The summed E-state index contributed by atoms with van der Waals surface area (Å²) in [6, 6.07) is 15.8. The van der Waals surface area contributed by atoms with Crippen molar-refractivity contribution in [1.82, 2.24) is 10.4 Å². The van der Waals surface area contributed by atoms with Gasteiger partial charge in [0, 0.05) is 30.4 Å². The van der Waals surface area contributed by atoms with Gasteiger partial charge in [-0.05, 0) is 48.9 Å². The summed E-state index contributed by atoms with van der Waals surface area (Å²) in [6.07, 6.45) is 2.09. The van der Waals surface area contributed by atoms with Crippen LogP contribution in [0.2, 0.25) is 0 Å². The van der Waals surface area contributed by atoms with E-state index in [2.05, 4.69) is 10.8 Å². The number of benzene rings is 2. The molecule has 0 aliphatic carbocycles. The minimum Gasteiger partial charge on any atom is -0.489 e. The third-order valence-electron chi connectivity index (χ3n) is 4.09. The molecule has 0 radical (unpaired) electrons. The Morgan fingerprint density at radius 2 is 1.90 bits per heavy atom. The Hall–Kier alpha value is -3.49. The summed E-state index contributed by atoms with van der Waals surface area (Å²) in [7, 11) is 1.80. The summed E-state index contributed by atoms with van der Waals surface area (Å²) in [5.74, 6) is 10.7.